The number of imidazole rings is 1. The summed E-state index contributed by atoms with van der Waals surface area (Å²) in [4.78, 5) is 7.20. The Morgan fingerprint density at radius 1 is 1.00 bits per heavy atom. The van der Waals surface area contributed by atoms with Crippen LogP contribution in [0.15, 0.2) is 42.7 Å². The molecule has 0 saturated carbocycles. The van der Waals surface area contributed by atoms with Crippen LogP contribution in [-0.4, -0.2) is 39.7 Å². The first-order chi connectivity index (χ1) is 11.4. The molecule has 0 N–H and O–H groups in total. The van der Waals surface area contributed by atoms with Crippen LogP contribution in [0.2, 0.25) is 0 Å². The van der Waals surface area contributed by atoms with E-state index >= 15 is 0 Å². The zero-order chi connectivity index (χ0) is 15.2. The van der Waals surface area contributed by atoms with Crippen molar-refractivity contribution in [1.29, 1.82) is 0 Å². The molecular formula is C19H23N3O. The SMILES string of the molecule is c1ccc(Cn2ccnc2CN2C[C@H]3[C@H](C2)[C@H]2CC[C@H]3O2)cc1. The Morgan fingerprint density at radius 2 is 1.74 bits per heavy atom. The quantitative estimate of drug-likeness (QED) is 0.869. The number of fused-ring (bicyclic) bond motifs is 5. The molecule has 23 heavy (non-hydrogen) atoms. The number of hydrogen-bond donors (Lipinski definition) is 0. The van der Waals surface area contributed by atoms with Crippen molar-refractivity contribution in [1.82, 2.24) is 14.5 Å². The van der Waals surface area contributed by atoms with Gasteiger partial charge in [-0.25, -0.2) is 4.98 Å². The normalized spacial score (nSPS) is 32.5. The van der Waals surface area contributed by atoms with Crippen LogP contribution < -0.4 is 0 Å². The van der Waals surface area contributed by atoms with E-state index in [0.717, 1.165) is 24.9 Å². The van der Waals surface area contributed by atoms with Crippen LogP contribution in [-0.2, 0) is 17.8 Å². The van der Waals surface area contributed by atoms with Crippen LogP contribution in [0, 0.1) is 11.8 Å². The van der Waals surface area contributed by atoms with Gasteiger partial charge < -0.3 is 9.30 Å². The molecule has 4 heteroatoms. The minimum Gasteiger partial charge on any atom is -0.374 e. The predicted molar refractivity (Wildman–Crippen MR) is 87.9 cm³/mol. The molecule has 2 aromatic rings. The Balaban J connectivity index is 1.28. The molecule has 1 aromatic heterocycles. The zero-order valence-electron chi connectivity index (χ0n) is 13.3. The fourth-order valence-corrected chi connectivity index (χ4v) is 4.79. The zero-order valence-corrected chi connectivity index (χ0v) is 13.3. The fourth-order valence-electron chi connectivity index (χ4n) is 4.79. The number of ether oxygens (including phenoxy) is 1. The molecule has 3 fully saturated rings. The van der Waals surface area contributed by atoms with Crippen molar-refractivity contribution in [3.05, 3.63) is 54.1 Å². The van der Waals surface area contributed by atoms with Gasteiger partial charge in [0.2, 0.25) is 0 Å². The predicted octanol–water partition coefficient (Wildman–Crippen LogP) is 2.54. The molecular weight excluding hydrogens is 286 g/mol. The maximum absolute atomic E-state index is 6.08. The third-order valence-electron chi connectivity index (χ3n) is 5.89. The van der Waals surface area contributed by atoms with Gasteiger partial charge in [-0.05, 0) is 18.4 Å². The number of rotatable bonds is 4. The summed E-state index contributed by atoms with van der Waals surface area (Å²) in [7, 11) is 0. The number of benzene rings is 1. The maximum atomic E-state index is 6.08. The first-order valence-corrected chi connectivity index (χ1v) is 8.78. The van der Waals surface area contributed by atoms with E-state index in [2.05, 4.69) is 51.0 Å². The largest absolute Gasteiger partial charge is 0.374 e. The summed E-state index contributed by atoms with van der Waals surface area (Å²) in [5.74, 6) is 2.72. The minimum atomic E-state index is 0.541. The minimum absolute atomic E-state index is 0.541. The van der Waals surface area contributed by atoms with Gasteiger partial charge in [-0.1, -0.05) is 30.3 Å². The Bertz CT molecular complexity index is 665. The molecule has 5 rings (SSSR count). The average molecular weight is 309 g/mol. The molecule has 0 aliphatic carbocycles. The topological polar surface area (TPSA) is 30.3 Å². The number of likely N-dealkylation sites (tertiary alicyclic amines) is 1. The lowest BCUT2D eigenvalue weighted by Crippen LogP contribution is -2.26. The maximum Gasteiger partial charge on any atom is 0.123 e. The molecule has 0 spiro atoms. The lowest BCUT2D eigenvalue weighted by Gasteiger charge is -2.18. The average Bonchev–Trinajstić information content (AvgIpc) is 3.31. The van der Waals surface area contributed by atoms with E-state index in [-0.39, 0.29) is 0 Å². The molecule has 0 unspecified atom stereocenters. The highest BCUT2D eigenvalue weighted by molar-refractivity contribution is 5.16. The van der Waals surface area contributed by atoms with Crippen LogP contribution in [0.1, 0.15) is 24.2 Å². The highest BCUT2D eigenvalue weighted by Gasteiger charge is 2.52. The molecule has 3 aliphatic heterocycles. The van der Waals surface area contributed by atoms with Gasteiger partial charge >= 0.3 is 0 Å². The summed E-state index contributed by atoms with van der Waals surface area (Å²) in [5, 5.41) is 0. The van der Waals surface area contributed by atoms with Gasteiger partial charge in [0.05, 0.1) is 18.8 Å². The second-order valence-electron chi connectivity index (χ2n) is 7.27. The summed E-state index contributed by atoms with van der Waals surface area (Å²) >= 11 is 0. The van der Waals surface area contributed by atoms with Gasteiger partial charge in [-0.2, -0.15) is 0 Å². The third-order valence-corrected chi connectivity index (χ3v) is 5.89. The van der Waals surface area contributed by atoms with Crippen molar-refractivity contribution in [2.24, 2.45) is 11.8 Å². The molecule has 4 atom stereocenters. The molecule has 0 radical (unpaired) electrons. The fraction of sp³-hybridized carbons (Fsp3) is 0.526. The first-order valence-electron chi connectivity index (χ1n) is 8.78. The van der Waals surface area contributed by atoms with E-state index in [0.29, 0.717) is 12.2 Å². The van der Waals surface area contributed by atoms with E-state index < -0.39 is 0 Å². The van der Waals surface area contributed by atoms with Crippen molar-refractivity contribution < 1.29 is 4.74 Å². The van der Waals surface area contributed by atoms with E-state index in [1.165, 1.54) is 37.3 Å². The molecule has 4 nitrogen and oxygen atoms in total. The Kier molecular flexibility index (Phi) is 3.27. The molecule has 120 valence electrons. The van der Waals surface area contributed by atoms with Crippen molar-refractivity contribution in [3.63, 3.8) is 0 Å². The van der Waals surface area contributed by atoms with Gasteiger partial charge in [0.15, 0.2) is 0 Å². The Labute approximate surface area is 137 Å². The lowest BCUT2D eigenvalue weighted by molar-refractivity contribution is 0.0692. The summed E-state index contributed by atoms with van der Waals surface area (Å²) < 4.78 is 8.36. The van der Waals surface area contributed by atoms with E-state index in [4.69, 9.17) is 4.74 Å². The van der Waals surface area contributed by atoms with Crippen molar-refractivity contribution >= 4 is 0 Å². The number of nitrogens with zero attached hydrogens (tertiary/aromatic N) is 3. The van der Waals surface area contributed by atoms with Gasteiger partial charge in [0.1, 0.15) is 5.82 Å². The second-order valence-corrected chi connectivity index (χ2v) is 7.27. The first kappa shape index (κ1) is 13.8. The van der Waals surface area contributed by atoms with Gasteiger partial charge in [-0.3, -0.25) is 4.90 Å². The molecule has 2 bridgehead atoms. The Morgan fingerprint density at radius 3 is 2.48 bits per heavy atom. The summed E-state index contributed by atoms with van der Waals surface area (Å²) in [5.41, 5.74) is 1.33. The number of hydrogen-bond acceptors (Lipinski definition) is 3. The summed E-state index contributed by atoms with van der Waals surface area (Å²) in [6.45, 7) is 4.24. The highest BCUT2D eigenvalue weighted by atomic mass is 16.5. The summed E-state index contributed by atoms with van der Waals surface area (Å²) in [6.07, 6.45) is 7.68. The van der Waals surface area contributed by atoms with Crippen molar-refractivity contribution in [2.45, 2.75) is 38.1 Å². The van der Waals surface area contributed by atoms with E-state index in [9.17, 15) is 0 Å². The van der Waals surface area contributed by atoms with Gasteiger partial charge in [-0.15, -0.1) is 0 Å². The van der Waals surface area contributed by atoms with Gasteiger partial charge in [0, 0.05) is 43.9 Å². The molecule has 0 amide bonds. The van der Waals surface area contributed by atoms with Gasteiger partial charge in [0.25, 0.3) is 0 Å². The molecule has 4 heterocycles. The molecule has 3 aliphatic rings. The summed E-state index contributed by atoms with van der Waals surface area (Å²) in [6, 6.07) is 10.6. The van der Waals surface area contributed by atoms with E-state index in [1.54, 1.807) is 0 Å². The number of aromatic nitrogens is 2. The second kappa shape index (κ2) is 5.46. The standard InChI is InChI=1S/C19H23N3O/c1-2-4-14(5-3-1)10-22-9-8-20-19(22)13-21-11-15-16(12-21)18-7-6-17(15)23-18/h1-5,8-9,15-18H,6-7,10-13H2/t15-,16-,17+,18+/m0/s1. The monoisotopic (exact) mass is 309 g/mol. The molecule has 1 aromatic carbocycles. The van der Waals surface area contributed by atoms with Crippen LogP contribution >= 0.6 is 0 Å². The van der Waals surface area contributed by atoms with Crippen molar-refractivity contribution in [3.8, 4) is 0 Å². The smallest absolute Gasteiger partial charge is 0.123 e. The van der Waals surface area contributed by atoms with Crippen LogP contribution in [0.3, 0.4) is 0 Å². The van der Waals surface area contributed by atoms with Crippen LogP contribution in [0.4, 0.5) is 0 Å². The van der Waals surface area contributed by atoms with Crippen LogP contribution in [0.25, 0.3) is 0 Å². The Hall–Kier alpha value is -1.65. The highest BCUT2D eigenvalue weighted by Crippen LogP contribution is 2.47. The van der Waals surface area contributed by atoms with Crippen molar-refractivity contribution in [2.75, 3.05) is 13.1 Å². The van der Waals surface area contributed by atoms with E-state index in [1.807, 2.05) is 6.20 Å². The lowest BCUT2D eigenvalue weighted by atomic mass is 9.82. The molecule has 3 saturated heterocycles. The third kappa shape index (κ3) is 2.41. The van der Waals surface area contributed by atoms with Crippen LogP contribution in [0.5, 0.6) is 0 Å².